The first-order valence-electron chi connectivity index (χ1n) is 7.95. The third-order valence-electron chi connectivity index (χ3n) is 3.73. The lowest BCUT2D eigenvalue weighted by Gasteiger charge is -2.10. The van der Waals surface area contributed by atoms with Gasteiger partial charge in [0.15, 0.2) is 5.76 Å². The molecule has 2 N–H and O–H groups in total. The van der Waals surface area contributed by atoms with Gasteiger partial charge in [-0.3, -0.25) is 9.59 Å². The largest absolute Gasteiger partial charge is 0.450 e. The molecular formula is C19H17BrN2O4. The number of rotatable bonds is 6. The second-order valence-electron chi connectivity index (χ2n) is 5.52. The fourth-order valence-corrected chi connectivity index (χ4v) is 2.94. The molecule has 2 amide bonds. The van der Waals surface area contributed by atoms with Gasteiger partial charge < -0.3 is 19.8 Å². The number of hydrogen-bond donors (Lipinski definition) is 2. The normalized spacial score (nSPS) is 10.7. The van der Waals surface area contributed by atoms with Crippen LogP contribution in [0.3, 0.4) is 0 Å². The molecule has 3 rings (SSSR count). The number of amides is 2. The van der Waals surface area contributed by atoms with E-state index in [0.717, 1.165) is 9.86 Å². The molecule has 2 aromatic carbocycles. The summed E-state index contributed by atoms with van der Waals surface area (Å²) in [5.74, 6) is -0.544. The van der Waals surface area contributed by atoms with E-state index in [1.54, 1.807) is 37.4 Å². The molecule has 0 saturated carbocycles. The van der Waals surface area contributed by atoms with Gasteiger partial charge in [0.05, 0.1) is 22.3 Å². The zero-order chi connectivity index (χ0) is 18.5. The van der Waals surface area contributed by atoms with Crippen molar-refractivity contribution in [2.45, 2.75) is 0 Å². The Morgan fingerprint density at radius 2 is 1.92 bits per heavy atom. The molecule has 7 heteroatoms. The Morgan fingerprint density at radius 1 is 1.12 bits per heavy atom. The Morgan fingerprint density at radius 3 is 2.69 bits per heavy atom. The molecule has 0 aliphatic rings. The highest BCUT2D eigenvalue weighted by Gasteiger charge is 2.17. The van der Waals surface area contributed by atoms with E-state index < -0.39 is 5.91 Å². The third kappa shape index (κ3) is 3.95. The Labute approximate surface area is 158 Å². The zero-order valence-corrected chi connectivity index (χ0v) is 15.6. The number of hydrogen-bond acceptors (Lipinski definition) is 4. The molecule has 0 aliphatic carbocycles. The molecule has 3 aromatic rings. The highest BCUT2D eigenvalue weighted by Crippen LogP contribution is 2.27. The van der Waals surface area contributed by atoms with Crippen LogP contribution < -0.4 is 10.6 Å². The fraction of sp³-hybridized carbons (Fsp3) is 0.158. The number of anilines is 1. The van der Waals surface area contributed by atoms with Gasteiger partial charge in [-0.2, -0.15) is 0 Å². The number of methoxy groups -OCH3 is 1. The molecule has 0 spiro atoms. The number of ether oxygens (including phenoxy) is 1. The van der Waals surface area contributed by atoms with Crippen LogP contribution in [0.25, 0.3) is 11.0 Å². The molecule has 0 saturated heterocycles. The molecular weight excluding hydrogens is 400 g/mol. The van der Waals surface area contributed by atoms with Crippen molar-refractivity contribution in [2.75, 3.05) is 25.6 Å². The van der Waals surface area contributed by atoms with E-state index in [1.165, 1.54) is 0 Å². The third-order valence-corrected chi connectivity index (χ3v) is 4.36. The van der Waals surface area contributed by atoms with E-state index in [-0.39, 0.29) is 11.7 Å². The number of benzene rings is 2. The van der Waals surface area contributed by atoms with E-state index in [2.05, 4.69) is 26.6 Å². The standard InChI is InChI=1S/C19H17BrN2O4/c1-25-10-9-21-18(23)13-6-2-3-8-15(13)22-19(24)16-11-12-5-4-7-14(20)17(12)26-16/h2-8,11H,9-10H2,1H3,(H,21,23)(H,22,24). The molecule has 26 heavy (non-hydrogen) atoms. The fourth-order valence-electron chi connectivity index (χ4n) is 2.48. The lowest BCUT2D eigenvalue weighted by Crippen LogP contribution is -2.28. The van der Waals surface area contributed by atoms with Crippen LogP contribution in [0.2, 0.25) is 0 Å². The predicted octanol–water partition coefficient (Wildman–Crippen LogP) is 3.82. The summed E-state index contributed by atoms with van der Waals surface area (Å²) < 4.78 is 11.3. The van der Waals surface area contributed by atoms with Crippen molar-refractivity contribution in [1.82, 2.24) is 5.32 Å². The first kappa shape index (κ1) is 18.2. The van der Waals surface area contributed by atoms with Crippen molar-refractivity contribution in [3.8, 4) is 0 Å². The molecule has 1 heterocycles. The first-order chi connectivity index (χ1) is 12.6. The number of nitrogens with one attached hydrogen (secondary N) is 2. The van der Waals surface area contributed by atoms with E-state index in [4.69, 9.17) is 9.15 Å². The maximum atomic E-state index is 12.6. The average molecular weight is 417 g/mol. The Hall–Kier alpha value is -2.64. The van der Waals surface area contributed by atoms with Gasteiger partial charge in [0.1, 0.15) is 5.58 Å². The van der Waals surface area contributed by atoms with Crippen LogP contribution in [0.5, 0.6) is 0 Å². The quantitative estimate of drug-likeness (QED) is 0.598. The van der Waals surface area contributed by atoms with Gasteiger partial charge in [-0.1, -0.05) is 24.3 Å². The second kappa shape index (κ2) is 8.16. The minimum atomic E-state index is -0.426. The maximum absolute atomic E-state index is 12.6. The van der Waals surface area contributed by atoms with Crippen molar-refractivity contribution in [3.63, 3.8) is 0 Å². The van der Waals surface area contributed by atoms with Crippen molar-refractivity contribution in [2.24, 2.45) is 0 Å². The molecule has 0 unspecified atom stereocenters. The number of carbonyl (C=O) groups excluding carboxylic acids is 2. The van der Waals surface area contributed by atoms with Gasteiger partial charge in [0.2, 0.25) is 0 Å². The lowest BCUT2D eigenvalue weighted by molar-refractivity contribution is 0.0938. The monoisotopic (exact) mass is 416 g/mol. The molecule has 1 aromatic heterocycles. The summed E-state index contributed by atoms with van der Waals surface area (Å²) in [5.41, 5.74) is 1.38. The van der Waals surface area contributed by atoms with Crippen LogP contribution in [0.1, 0.15) is 20.9 Å². The Bertz CT molecular complexity index is 952. The van der Waals surface area contributed by atoms with E-state index >= 15 is 0 Å². The van der Waals surface area contributed by atoms with Crippen LogP contribution in [0.4, 0.5) is 5.69 Å². The van der Waals surface area contributed by atoms with Gasteiger partial charge >= 0.3 is 0 Å². The second-order valence-corrected chi connectivity index (χ2v) is 6.37. The minimum Gasteiger partial charge on any atom is -0.450 e. The van der Waals surface area contributed by atoms with Gasteiger partial charge in [-0.25, -0.2) is 0 Å². The average Bonchev–Trinajstić information content (AvgIpc) is 3.08. The SMILES string of the molecule is COCCNC(=O)c1ccccc1NC(=O)c1cc2cccc(Br)c2o1. The van der Waals surface area contributed by atoms with Crippen molar-refractivity contribution in [1.29, 1.82) is 0 Å². The number of carbonyl (C=O) groups is 2. The van der Waals surface area contributed by atoms with Crippen LogP contribution in [-0.4, -0.2) is 32.1 Å². The summed E-state index contributed by atoms with van der Waals surface area (Å²) in [7, 11) is 1.56. The van der Waals surface area contributed by atoms with E-state index in [9.17, 15) is 9.59 Å². The topological polar surface area (TPSA) is 80.6 Å². The maximum Gasteiger partial charge on any atom is 0.291 e. The summed E-state index contributed by atoms with van der Waals surface area (Å²) in [5, 5.41) is 6.29. The molecule has 0 bridgehead atoms. The van der Waals surface area contributed by atoms with Crippen LogP contribution in [-0.2, 0) is 4.74 Å². The van der Waals surface area contributed by atoms with Gasteiger partial charge in [-0.05, 0) is 40.2 Å². The lowest BCUT2D eigenvalue weighted by atomic mass is 10.1. The zero-order valence-electron chi connectivity index (χ0n) is 14.0. The van der Waals surface area contributed by atoms with Gasteiger partial charge in [-0.15, -0.1) is 0 Å². The van der Waals surface area contributed by atoms with Crippen molar-refractivity contribution < 1.29 is 18.7 Å². The number of fused-ring (bicyclic) bond motifs is 1. The molecule has 0 aliphatic heterocycles. The highest BCUT2D eigenvalue weighted by atomic mass is 79.9. The molecule has 0 radical (unpaired) electrons. The van der Waals surface area contributed by atoms with Gasteiger partial charge in [0.25, 0.3) is 11.8 Å². The number of para-hydroxylation sites is 2. The summed E-state index contributed by atoms with van der Waals surface area (Å²) in [6.07, 6.45) is 0. The summed E-state index contributed by atoms with van der Waals surface area (Å²) >= 11 is 3.40. The van der Waals surface area contributed by atoms with Crippen molar-refractivity contribution in [3.05, 3.63) is 64.3 Å². The molecule has 0 fully saturated rings. The number of halogens is 1. The predicted molar refractivity (Wildman–Crippen MR) is 103 cm³/mol. The summed E-state index contributed by atoms with van der Waals surface area (Å²) in [4.78, 5) is 24.9. The summed E-state index contributed by atoms with van der Waals surface area (Å²) in [6.45, 7) is 0.795. The minimum absolute atomic E-state index is 0.168. The van der Waals surface area contributed by atoms with E-state index in [0.29, 0.717) is 30.0 Å². The molecule has 6 nitrogen and oxygen atoms in total. The smallest absolute Gasteiger partial charge is 0.291 e. The highest BCUT2D eigenvalue weighted by molar-refractivity contribution is 9.10. The molecule has 0 atom stereocenters. The van der Waals surface area contributed by atoms with Crippen molar-refractivity contribution >= 4 is 44.4 Å². The summed E-state index contributed by atoms with van der Waals surface area (Å²) in [6, 6.07) is 14.0. The van der Waals surface area contributed by atoms with Crippen LogP contribution in [0.15, 0.2) is 57.4 Å². The first-order valence-corrected chi connectivity index (χ1v) is 8.75. The number of furan rings is 1. The van der Waals surface area contributed by atoms with Crippen LogP contribution >= 0.6 is 15.9 Å². The van der Waals surface area contributed by atoms with Crippen LogP contribution in [0, 0.1) is 0 Å². The Balaban J connectivity index is 1.80. The Kier molecular flexibility index (Phi) is 5.70. The van der Waals surface area contributed by atoms with Gasteiger partial charge in [0, 0.05) is 19.0 Å². The van der Waals surface area contributed by atoms with E-state index in [1.807, 2.05) is 18.2 Å². The molecule has 134 valence electrons.